The van der Waals surface area contributed by atoms with E-state index in [9.17, 15) is 9.18 Å². The molecular weight excluding hydrogens is 339 g/mol. The fraction of sp³-hybridized carbons (Fsp3) is 0.368. The Hall–Kier alpha value is -2.21. The minimum atomic E-state index is -0.416. The van der Waals surface area contributed by atoms with E-state index in [-0.39, 0.29) is 29.7 Å². The summed E-state index contributed by atoms with van der Waals surface area (Å²) >= 11 is 1.53. The first-order chi connectivity index (χ1) is 11.8. The van der Waals surface area contributed by atoms with E-state index in [0.29, 0.717) is 0 Å². The number of carbonyl (C=O) groups excluding carboxylic acids is 1. The summed E-state index contributed by atoms with van der Waals surface area (Å²) in [5.41, 5.74) is 0.513. The largest absolute Gasteiger partial charge is 0.488 e. The summed E-state index contributed by atoms with van der Waals surface area (Å²) < 4.78 is 19.2. The van der Waals surface area contributed by atoms with E-state index in [1.807, 2.05) is 33.1 Å². The summed E-state index contributed by atoms with van der Waals surface area (Å²) in [5.74, 6) is -0.470. The zero-order valence-electron chi connectivity index (χ0n) is 14.9. The second-order valence-electron chi connectivity index (χ2n) is 6.79. The van der Waals surface area contributed by atoms with E-state index in [4.69, 9.17) is 4.74 Å². The highest BCUT2D eigenvalue weighted by molar-refractivity contribution is 7.09. The van der Waals surface area contributed by atoms with Crippen molar-refractivity contribution in [1.82, 2.24) is 10.3 Å². The van der Waals surface area contributed by atoms with Crippen molar-refractivity contribution in [2.24, 2.45) is 5.41 Å². The summed E-state index contributed by atoms with van der Waals surface area (Å²) in [5, 5.41) is 5.77. The number of aryl methyl sites for hydroxylation is 1. The molecule has 134 valence electrons. The summed E-state index contributed by atoms with van der Waals surface area (Å²) in [6.07, 6.45) is 3.13. The molecule has 0 aliphatic carbocycles. The smallest absolute Gasteiger partial charge is 0.244 e. The van der Waals surface area contributed by atoms with Gasteiger partial charge in [-0.3, -0.25) is 4.79 Å². The van der Waals surface area contributed by atoms with E-state index in [1.165, 1.54) is 23.5 Å². The number of nitrogens with zero attached hydrogens (tertiary/aromatic N) is 1. The number of amides is 1. The van der Waals surface area contributed by atoms with Crippen LogP contribution in [-0.2, 0) is 4.79 Å². The van der Waals surface area contributed by atoms with Crippen LogP contribution >= 0.6 is 11.3 Å². The fourth-order valence-corrected chi connectivity index (χ4v) is 2.66. The molecule has 2 rings (SSSR count). The Morgan fingerprint density at radius 3 is 2.72 bits per heavy atom. The Morgan fingerprint density at radius 2 is 2.12 bits per heavy atom. The van der Waals surface area contributed by atoms with E-state index in [1.54, 1.807) is 24.3 Å². The molecule has 0 saturated carbocycles. The predicted molar refractivity (Wildman–Crippen MR) is 99.2 cm³/mol. The van der Waals surface area contributed by atoms with Gasteiger partial charge in [0.1, 0.15) is 6.61 Å². The molecule has 25 heavy (non-hydrogen) atoms. The molecule has 2 aromatic rings. The molecule has 6 heteroatoms. The molecular formula is C19H23FN2O2S. The molecule has 1 N–H and O–H groups in total. The van der Waals surface area contributed by atoms with Gasteiger partial charge < -0.3 is 10.1 Å². The average Bonchev–Trinajstić information content (AvgIpc) is 2.95. The first kappa shape index (κ1) is 19.1. The maximum absolute atomic E-state index is 13.7. The van der Waals surface area contributed by atoms with Crippen molar-refractivity contribution >= 4 is 23.3 Å². The number of nitrogens with one attached hydrogen (secondary N) is 1. The van der Waals surface area contributed by atoms with Crippen LogP contribution in [0.2, 0.25) is 0 Å². The molecule has 1 unspecified atom stereocenters. The molecule has 1 heterocycles. The molecule has 0 radical (unpaired) electrons. The summed E-state index contributed by atoms with van der Waals surface area (Å²) in [6.45, 7) is 8.08. The van der Waals surface area contributed by atoms with Crippen LogP contribution < -0.4 is 10.1 Å². The van der Waals surface area contributed by atoms with Gasteiger partial charge in [0.25, 0.3) is 0 Å². The maximum Gasteiger partial charge on any atom is 0.244 e. The van der Waals surface area contributed by atoms with Gasteiger partial charge in [0.15, 0.2) is 11.6 Å². The van der Waals surface area contributed by atoms with Gasteiger partial charge in [0.05, 0.1) is 16.7 Å². The number of carbonyl (C=O) groups is 1. The molecule has 0 aliphatic rings. The maximum atomic E-state index is 13.7. The van der Waals surface area contributed by atoms with E-state index in [2.05, 4.69) is 10.3 Å². The van der Waals surface area contributed by atoms with Crippen LogP contribution in [0.15, 0.2) is 35.7 Å². The zero-order valence-corrected chi connectivity index (χ0v) is 15.7. The predicted octanol–water partition coefficient (Wildman–Crippen LogP) is 4.21. The van der Waals surface area contributed by atoms with Gasteiger partial charge in [-0.2, -0.15) is 0 Å². The number of benzene rings is 1. The number of hydrogen-bond donors (Lipinski definition) is 1. The van der Waals surface area contributed by atoms with Gasteiger partial charge >= 0.3 is 0 Å². The topological polar surface area (TPSA) is 51.2 Å². The van der Waals surface area contributed by atoms with Crippen molar-refractivity contribution in [1.29, 1.82) is 0 Å². The van der Waals surface area contributed by atoms with Crippen LogP contribution in [0.25, 0.3) is 6.08 Å². The third-order valence-electron chi connectivity index (χ3n) is 3.65. The highest BCUT2D eigenvalue weighted by Gasteiger charge is 2.26. The number of hydrogen-bond acceptors (Lipinski definition) is 4. The third kappa shape index (κ3) is 5.98. The lowest BCUT2D eigenvalue weighted by molar-refractivity contribution is -0.118. The van der Waals surface area contributed by atoms with Crippen LogP contribution in [0.5, 0.6) is 5.75 Å². The molecule has 1 aromatic carbocycles. The SMILES string of the molecule is Cc1nc(/C=C/C(=O)NC(COc2ccccc2F)C(C)(C)C)cs1. The second kappa shape index (κ2) is 8.25. The lowest BCUT2D eigenvalue weighted by Crippen LogP contribution is -2.47. The number of thiazole rings is 1. The number of ether oxygens (including phenoxy) is 1. The molecule has 0 spiro atoms. The summed E-state index contributed by atoms with van der Waals surface area (Å²) in [7, 11) is 0. The Balaban J connectivity index is 1.99. The van der Waals surface area contributed by atoms with Crippen molar-refractivity contribution in [3.8, 4) is 5.75 Å². The average molecular weight is 362 g/mol. The number of para-hydroxylation sites is 1. The first-order valence-electron chi connectivity index (χ1n) is 8.04. The van der Waals surface area contributed by atoms with Crippen LogP contribution in [0.4, 0.5) is 4.39 Å². The highest BCUT2D eigenvalue weighted by Crippen LogP contribution is 2.22. The van der Waals surface area contributed by atoms with Crippen molar-refractivity contribution < 1.29 is 13.9 Å². The van der Waals surface area contributed by atoms with Crippen LogP contribution in [-0.4, -0.2) is 23.5 Å². The molecule has 1 amide bonds. The molecule has 0 bridgehead atoms. The third-order valence-corrected chi connectivity index (χ3v) is 4.44. The van der Waals surface area contributed by atoms with Gasteiger partial charge in [-0.25, -0.2) is 9.37 Å². The van der Waals surface area contributed by atoms with Gasteiger partial charge in [-0.15, -0.1) is 11.3 Å². The molecule has 1 aromatic heterocycles. The van der Waals surface area contributed by atoms with E-state index in [0.717, 1.165) is 10.7 Å². The quantitative estimate of drug-likeness (QED) is 0.783. The van der Waals surface area contributed by atoms with E-state index >= 15 is 0 Å². The van der Waals surface area contributed by atoms with Crippen molar-refractivity contribution in [3.05, 3.63) is 52.2 Å². The molecule has 1 atom stereocenters. The van der Waals surface area contributed by atoms with Crippen LogP contribution in [0.1, 0.15) is 31.5 Å². The zero-order chi connectivity index (χ0) is 18.4. The number of aromatic nitrogens is 1. The normalized spacial score (nSPS) is 13.0. The molecule has 0 saturated heterocycles. The molecule has 4 nitrogen and oxygen atoms in total. The van der Waals surface area contributed by atoms with Crippen molar-refractivity contribution in [2.45, 2.75) is 33.7 Å². The Labute approximate surface area is 151 Å². The van der Waals surface area contributed by atoms with Crippen molar-refractivity contribution in [3.63, 3.8) is 0 Å². The number of halogens is 1. The Morgan fingerprint density at radius 1 is 1.40 bits per heavy atom. The van der Waals surface area contributed by atoms with Gasteiger partial charge in [-0.1, -0.05) is 32.9 Å². The van der Waals surface area contributed by atoms with Gasteiger partial charge in [0.2, 0.25) is 5.91 Å². The first-order valence-corrected chi connectivity index (χ1v) is 8.91. The number of rotatable bonds is 6. The Kier molecular flexibility index (Phi) is 6.31. The van der Waals surface area contributed by atoms with E-state index < -0.39 is 5.82 Å². The molecule has 0 aliphatic heterocycles. The standard InChI is InChI=1S/C19H23FN2O2S/c1-13-21-14(12-25-13)9-10-18(23)22-17(19(2,3)4)11-24-16-8-6-5-7-15(16)20/h5-10,12,17H,11H2,1-4H3,(H,22,23)/b10-9+. The lowest BCUT2D eigenvalue weighted by atomic mass is 9.87. The Bertz CT molecular complexity index is 750. The summed E-state index contributed by atoms with van der Waals surface area (Å²) in [6, 6.07) is 5.96. The fourth-order valence-electron chi connectivity index (χ4n) is 2.08. The van der Waals surface area contributed by atoms with Gasteiger partial charge in [0, 0.05) is 11.5 Å². The monoisotopic (exact) mass is 362 g/mol. The highest BCUT2D eigenvalue weighted by atomic mass is 32.1. The second-order valence-corrected chi connectivity index (χ2v) is 7.86. The lowest BCUT2D eigenvalue weighted by Gasteiger charge is -2.31. The van der Waals surface area contributed by atoms with Crippen molar-refractivity contribution in [2.75, 3.05) is 6.61 Å². The minimum absolute atomic E-state index is 0.180. The van der Waals surface area contributed by atoms with Gasteiger partial charge in [-0.05, 0) is 30.5 Å². The summed E-state index contributed by atoms with van der Waals surface area (Å²) in [4.78, 5) is 16.5. The minimum Gasteiger partial charge on any atom is -0.488 e. The van der Waals surface area contributed by atoms with Crippen LogP contribution in [0.3, 0.4) is 0 Å². The molecule has 0 fully saturated rings. The van der Waals surface area contributed by atoms with Crippen LogP contribution in [0, 0.1) is 18.2 Å².